The van der Waals surface area contributed by atoms with Gasteiger partial charge in [-0.3, -0.25) is 9.88 Å². The lowest BCUT2D eigenvalue weighted by Gasteiger charge is -2.21. The predicted octanol–water partition coefficient (Wildman–Crippen LogP) is 3.92. The van der Waals surface area contributed by atoms with E-state index < -0.39 is 0 Å². The highest BCUT2D eigenvalue weighted by Crippen LogP contribution is 2.42. The third kappa shape index (κ3) is 4.06. The van der Waals surface area contributed by atoms with E-state index in [9.17, 15) is 0 Å². The maximum atomic E-state index is 5.78. The van der Waals surface area contributed by atoms with Crippen molar-refractivity contribution in [3.63, 3.8) is 0 Å². The van der Waals surface area contributed by atoms with Gasteiger partial charge in [0, 0.05) is 19.3 Å². The first-order valence-electron chi connectivity index (χ1n) is 8.85. The average Bonchev–Trinajstić information content (AvgIpc) is 3.30. The zero-order valence-corrected chi connectivity index (χ0v) is 15.5. The summed E-state index contributed by atoms with van der Waals surface area (Å²) in [6.07, 6.45) is 1.81. The maximum Gasteiger partial charge on any atom is 0.231 e. The highest BCUT2D eigenvalue weighted by atomic mass is 16.7. The van der Waals surface area contributed by atoms with Crippen LogP contribution in [0.5, 0.6) is 17.2 Å². The Hall–Kier alpha value is -2.99. The minimum absolute atomic E-state index is 0.221. The van der Waals surface area contributed by atoms with E-state index in [-0.39, 0.29) is 6.79 Å². The Balaban J connectivity index is 1.58. The number of hydrogen-bond acceptors (Lipinski definition) is 6. The molecule has 0 saturated carbocycles. The van der Waals surface area contributed by atoms with E-state index in [0.29, 0.717) is 31.1 Å². The molecule has 0 N–H and O–H groups in total. The lowest BCUT2D eigenvalue weighted by molar-refractivity contribution is 0.171. The molecule has 2 aromatic heterocycles. The normalized spacial score (nSPS) is 12.6. The van der Waals surface area contributed by atoms with Gasteiger partial charge in [0.25, 0.3) is 0 Å². The number of benzene rings is 1. The van der Waals surface area contributed by atoms with Gasteiger partial charge >= 0.3 is 0 Å². The van der Waals surface area contributed by atoms with Gasteiger partial charge in [-0.2, -0.15) is 0 Å². The Labute approximate surface area is 158 Å². The summed E-state index contributed by atoms with van der Waals surface area (Å²) in [7, 11) is 1.64. The first kappa shape index (κ1) is 17.4. The van der Waals surface area contributed by atoms with E-state index in [2.05, 4.69) is 9.88 Å². The van der Waals surface area contributed by atoms with Crippen LogP contribution in [0.2, 0.25) is 0 Å². The quantitative estimate of drug-likeness (QED) is 0.632. The topological polar surface area (TPSA) is 57.0 Å². The largest absolute Gasteiger partial charge is 0.493 e. The number of pyridine rings is 1. The van der Waals surface area contributed by atoms with Crippen molar-refractivity contribution in [2.45, 2.75) is 26.6 Å². The second kappa shape index (κ2) is 7.72. The van der Waals surface area contributed by atoms with Crippen LogP contribution in [-0.4, -0.2) is 23.8 Å². The summed E-state index contributed by atoms with van der Waals surface area (Å²) < 4.78 is 22.3. The molecule has 0 fully saturated rings. The summed E-state index contributed by atoms with van der Waals surface area (Å²) >= 11 is 0. The summed E-state index contributed by atoms with van der Waals surface area (Å²) in [5.41, 5.74) is 2.09. The Bertz CT molecular complexity index is 908. The van der Waals surface area contributed by atoms with E-state index >= 15 is 0 Å². The number of nitrogens with zero attached hydrogens (tertiary/aromatic N) is 2. The van der Waals surface area contributed by atoms with Crippen LogP contribution in [0, 0.1) is 6.92 Å². The molecule has 140 valence electrons. The van der Waals surface area contributed by atoms with E-state index in [1.807, 2.05) is 55.6 Å². The van der Waals surface area contributed by atoms with Crippen molar-refractivity contribution in [3.05, 3.63) is 71.4 Å². The fourth-order valence-electron chi connectivity index (χ4n) is 3.21. The molecule has 4 rings (SSSR count). The van der Waals surface area contributed by atoms with Crippen molar-refractivity contribution in [2.24, 2.45) is 0 Å². The molecule has 6 heteroatoms. The monoisotopic (exact) mass is 366 g/mol. The Morgan fingerprint density at radius 1 is 1.07 bits per heavy atom. The molecule has 1 aliphatic heterocycles. The van der Waals surface area contributed by atoms with Crippen LogP contribution in [0.15, 0.2) is 53.1 Å². The smallest absolute Gasteiger partial charge is 0.231 e. The van der Waals surface area contributed by atoms with Gasteiger partial charge in [-0.25, -0.2) is 0 Å². The van der Waals surface area contributed by atoms with Gasteiger partial charge < -0.3 is 18.6 Å². The summed E-state index contributed by atoms with van der Waals surface area (Å²) in [5.74, 6) is 3.91. The lowest BCUT2D eigenvalue weighted by Crippen LogP contribution is -2.22. The van der Waals surface area contributed by atoms with Crippen molar-refractivity contribution in [1.29, 1.82) is 0 Å². The SMILES string of the molecule is COc1cc(CN(Cc2ccccn2)Cc2ccc(C)o2)cc2c1OCO2. The number of methoxy groups -OCH3 is 1. The van der Waals surface area contributed by atoms with Gasteiger partial charge in [-0.1, -0.05) is 6.07 Å². The standard InChI is InChI=1S/C21H22N2O4/c1-15-6-7-18(27-15)13-23(12-17-5-3-4-8-22-17)11-16-9-19(24-2)21-20(10-16)25-14-26-21/h3-10H,11-14H2,1-2H3. The Kier molecular flexibility index (Phi) is 4.98. The molecule has 0 spiro atoms. The number of ether oxygens (including phenoxy) is 3. The molecule has 0 atom stereocenters. The molecule has 1 aliphatic rings. The first-order chi connectivity index (χ1) is 13.2. The fraction of sp³-hybridized carbons (Fsp3) is 0.286. The van der Waals surface area contributed by atoms with Crippen molar-refractivity contribution in [1.82, 2.24) is 9.88 Å². The van der Waals surface area contributed by atoms with E-state index in [0.717, 1.165) is 28.5 Å². The minimum Gasteiger partial charge on any atom is -0.493 e. The molecule has 0 saturated heterocycles. The van der Waals surface area contributed by atoms with Crippen molar-refractivity contribution in [3.8, 4) is 17.2 Å². The van der Waals surface area contributed by atoms with E-state index in [4.69, 9.17) is 18.6 Å². The number of rotatable bonds is 7. The predicted molar refractivity (Wildman–Crippen MR) is 99.8 cm³/mol. The van der Waals surface area contributed by atoms with Gasteiger partial charge in [0.15, 0.2) is 11.5 Å². The summed E-state index contributed by atoms with van der Waals surface area (Å²) in [6.45, 7) is 4.26. The molecule has 3 aromatic rings. The van der Waals surface area contributed by atoms with Crippen LogP contribution in [0.1, 0.15) is 22.8 Å². The zero-order valence-electron chi connectivity index (χ0n) is 15.5. The number of furan rings is 1. The molecule has 0 unspecified atom stereocenters. The summed E-state index contributed by atoms with van der Waals surface area (Å²) in [5, 5.41) is 0. The molecule has 6 nitrogen and oxygen atoms in total. The second-order valence-electron chi connectivity index (χ2n) is 6.51. The Morgan fingerprint density at radius 2 is 2.00 bits per heavy atom. The highest BCUT2D eigenvalue weighted by molar-refractivity contribution is 5.55. The molecule has 0 radical (unpaired) electrons. The molecule has 3 heterocycles. The van der Waals surface area contributed by atoms with Crippen LogP contribution < -0.4 is 14.2 Å². The summed E-state index contributed by atoms with van der Waals surface area (Å²) in [4.78, 5) is 6.73. The second-order valence-corrected chi connectivity index (χ2v) is 6.51. The van der Waals surface area contributed by atoms with Crippen LogP contribution in [-0.2, 0) is 19.6 Å². The van der Waals surface area contributed by atoms with Crippen molar-refractivity contribution < 1.29 is 18.6 Å². The van der Waals surface area contributed by atoms with Gasteiger partial charge in [-0.05, 0) is 48.9 Å². The Morgan fingerprint density at radius 3 is 2.74 bits per heavy atom. The average molecular weight is 366 g/mol. The number of hydrogen-bond donors (Lipinski definition) is 0. The number of fused-ring (bicyclic) bond motifs is 1. The molecule has 1 aromatic carbocycles. The van der Waals surface area contributed by atoms with Crippen LogP contribution in [0.3, 0.4) is 0 Å². The first-order valence-corrected chi connectivity index (χ1v) is 8.85. The lowest BCUT2D eigenvalue weighted by atomic mass is 10.1. The molecule has 27 heavy (non-hydrogen) atoms. The van der Waals surface area contributed by atoms with Gasteiger partial charge in [-0.15, -0.1) is 0 Å². The molecular weight excluding hydrogens is 344 g/mol. The summed E-state index contributed by atoms with van der Waals surface area (Å²) in [6, 6.07) is 13.9. The van der Waals surface area contributed by atoms with Crippen LogP contribution >= 0.6 is 0 Å². The van der Waals surface area contributed by atoms with Crippen molar-refractivity contribution in [2.75, 3.05) is 13.9 Å². The zero-order chi connectivity index (χ0) is 18.6. The van der Waals surface area contributed by atoms with E-state index in [1.54, 1.807) is 7.11 Å². The van der Waals surface area contributed by atoms with Crippen LogP contribution in [0.4, 0.5) is 0 Å². The van der Waals surface area contributed by atoms with Gasteiger partial charge in [0.1, 0.15) is 11.5 Å². The third-order valence-electron chi connectivity index (χ3n) is 4.41. The fourth-order valence-corrected chi connectivity index (χ4v) is 3.21. The van der Waals surface area contributed by atoms with Gasteiger partial charge in [0.05, 0.1) is 19.3 Å². The molecular formula is C21H22N2O4. The third-order valence-corrected chi connectivity index (χ3v) is 4.41. The highest BCUT2D eigenvalue weighted by Gasteiger charge is 2.21. The van der Waals surface area contributed by atoms with Crippen LogP contribution in [0.25, 0.3) is 0 Å². The molecule has 0 bridgehead atoms. The molecule has 0 amide bonds. The van der Waals surface area contributed by atoms with Crippen molar-refractivity contribution >= 4 is 0 Å². The number of aryl methyl sites for hydroxylation is 1. The number of aromatic nitrogens is 1. The maximum absolute atomic E-state index is 5.78. The minimum atomic E-state index is 0.221. The van der Waals surface area contributed by atoms with E-state index in [1.165, 1.54) is 0 Å². The molecule has 0 aliphatic carbocycles. The van der Waals surface area contributed by atoms with Gasteiger partial charge in [0.2, 0.25) is 12.5 Å².